The van der Waals surface area contributed by atoms with Crippen molar-refractivity contribution in [1.82, 2.24) is 0 Å². The van der Waals surface area contributed by atoms with E-state index in [1.807, 2.05) is 30.3 Å². The maximum atomic E-state index is 10.9. The smallest absolute Gasteiger partial charge is 0.262 e. The molecule has 0 radical (unpaired) electrons. The van der Waals surface area contributed by atoms with Gasteiger partial charge in [-0.15, -0.1) is 0 Å². The van der Waals surface area contributed by atoms with Crippen LogP contribution in [0.25, 0.3) is 0 Å². The highest BCUT2D eigenvalue weighted by atomic mass is 32.2. The molecule has 1 rings (SSSR count). The Balaban J connectivity index is 2.67. The van der Waals surface area contributed by atoms with E-state index in [1.54, 1.807) is 0 Å². The van der Waals surface area contributed by atoms with Gasteiger partial charge >= 0.3 is 0 Å². The lowest BCUT2D eigenvalue weighted by molar-refractivity contribution is 0.282. The highest BCUT2D eigenvalue weighted by Crippen LogP contribution is 2.06. The summed E-state index contributed by atoms with van der Waals surface area (Å²) in [6.07, 6.45) is 0.915. The molecule has 1 unspecified atom stereocenters. The Morgan fingerprint density at radius 3 is 2.47 bits per heavy atom. The van der Waals surface area contributed by atoms with Crippen molar-refractivity contribution >= 4 is 27.7 Å². The maximum Gasteiger partial charge on any atom is 0.264 e. The molecule has 1 aromatic carbocycles. The molecule has 0 N–H and O–H groups in total. The third-order valence-corrected chi connectivity index (χ3v) is 2.63. The molecule has 0 aromatic heterocycles. The number of thiocarbonyl (C=S) groups is 1. The third kappa shape index (κ3) is 5.01. The average Bonchev–Trinajstić information content (AvgIpc) is 2.16. The van der Waals surface area contributed by atoms with Gasteiger partial charge in [-0.05, 0) is 5.56 Å². The van der Waals surface area contributed by atoms with Crippen LogP contribution in [0.4, 0.5) is 0 Å². The van der Waals surface area contributed by atoms with Crippen molar-refractivity contribution in [2.24, 2.45) is 0 Å². The summed E-state index contributed by atoms with van der Waals surface area (Å²) in [4.78, 5) is 0. The summed E-state index contributed by atoms with van der Waals surface area (Å²) in [5, 5.41) is 1.33. The van der Waals surface area contributed by atoms with Crippen LogP contribution >= 0.6 is 12.2 Å². The Bertz CT molecular complexity index is 412. The second kappa shape index (κ2) is 5.34. The van der Waals surface area contributed by atoms with E-state index in [0.717, 1.165) is 11.8 Å². The monoisotopic (exact) mass is 244 g/mol. The highest BCUT2D eigenvalue weighted by Gasteiger charge is 2.13. The molecule has 0 aliphatic rings. The first-order valence-corrected chi connectivity index (χ1v) is 6.67. The van der Waals surface area contributed by atoms with Gasteiger partial charge in [0.2, 0.25) is 0 Å². The van der Waals surface area contributed by atoms with Gasteiger partial charge in [-0.2, -0.15) is 8.42 Å². The van der Waals surface area contributed by atoms with E-state index in [9.17, 15) is 8.42 Å². The Morgan fingerprint density at radius 1 is 1.40 bits per heavy atom. The minimum Gasteiger partial charge on any atom is -0.262 e. The lowest BCUT2D eigenvalue weighted by Gasteiger charge is -2.10. The molecular formula is C10H12O3S2. The molecular weight excluding hydrogens is 232 g/mol. The first-order valence-electron chi connectivity index (χ1n) is 4.39. The number of hydrogen-bond donors (Lipinski definition) is 0. The molecule has 1 aromatic rings. The van der Waals surface area contributed by atoms with E-state index in [-0.39, 0.29) is 0 Å². The van der Waals surface area contributed by atoms with Crippen molar-refractivity contribution in [3.8, 4) is 0 Å². The van der Waals surface area contributed by atoms with Gasteiger partial charge in [-0.1, -0.05) is 42.5 Å². The van der Waals surface area contributed by atoms with Crippen LogP contribution < -0.4 is 0 Å². The lowest BCUT2D eigenvalue weighted by Crippen LogP contribution is -2.20. The van der Waals surface area contributed by atoms with Crippen LogP contribution in [-0.2, 0) is 20.7 Å². The summed E-state index contributed by atoms with van der Waals surface area (Å²) >= 11 is 4.73. The highest BCUT2D eigenvalue weighted by molar-refractivity contribution is 7.86. The lowest BCUT2D eigenvalue weighted by atomic mass is 10.1. The predicted molar refractivity (Wildman–Crippen MR) is 63.5 cm³/mol. The van der Waals surface area contributed by atoms with Crippen LogP contribution in [0.15, 0.2) is 30.3 Å². The molecule has 1 atom stereocenters. The van der Waals surface area contributed by atoms with E-state index in [1.165, 1.54) is 5.37 Å². The number of hydrogen-bond acceptors (Lipinski definition) is 4. The molecule has 0 spiro atoms. The van der Waals surface area contributed by atoms with Gasteiger partial charge < -0.3 is 0 Å². The SMILES string of the molecule is CS(=O)(=O)OC(C=S)Cc1ccccc1. The van der Waals surface area contributed by atoms with Gasteiger partial charge in [0.05, 0.1) is 6.26 Å². The van der Waals surface area contributed by atoms with E-state index >= 15 is 0 Å². The van der Waals surface area contributed by atoms with Crippen LogP contribution in [0, 0.1) is 0 Å². The third-order valence-electron chi connectivity index (χ3n) is 1.73. The maximum absolute atomic E-state index is 10.9. The van der Waals surface area contributed by atoms with Crippen molar-refractivity contribution in [2.45, 2.75) is 12.5 Å². The van der Waals surface area contributed by atoms with Crippen molar-refractivity contribution in [3.05, 3.63) is 35.9 Å². The van der Waals surface area contributed by atoms with Crippen molar-refractivity contribution < 1.29 is 12.6 Å². The molecule has 0 aliphatic carbocycles. The minimum atomic E-state index is -3.45. The average molecular weight is 244 g/mol. The van der Waals surface area contributed by atoms with Crippen LogP contribution in [-0.4, -0.2) is 26.1 Å². The first-order chi connectivity index (χ1) is 7.01. The Morgan fingerprint density at radius 2 is 2.00 bits per heavy atom. The zero-order chi connectivity index (χ0) is 11.3. The number of benzene rings is 1. The molecule has 0 fully saturated rings. The standard InChI is InChI=1S/C10H12O3S2/c1-15(11,12)13-10(8-14)7-9-5-3-2-4-6-9/h2-6,8,10H,7H2,1H3. The molecule has 0 amide bonds. The van der Waals surface area contributed by atoms with E-state index in [4.69, 9.17) is 16.4 Å². The van der Waals surface area contributed by atoms with E-state index in [2.05, 4.69) is 0 Å². The summed E-state index contributed by atoms with van der Waals surface area (Å²) in [6, 6.07) is 9.47. The second-order valence-corrected chi connectivity index (χ2v) is 5.04. The fraction of sp³-hybridized carbons (Fsp3) is 0.300. The molecule has 15 heavy (non-hydrogen) atoms. The molecule has 82 valence electrons. The largest absolute Gasteiger partial charge is 0.264 e. The molecule has 3 nitrogen and oxygen atoms in total. The Labute approximate surface area is 95.2 Å². The summed E-state index contributed by atoms with van der Waals surface area (Å²) in [7, 11) is -3.45. The van der Waals surface area contributed by atoms with Gasteiger partial charge in [-0.3, -0.25) is 4.18 Å². The van der Waals surface area contributed by atoms with Gasteiger partial charge in [0.25, 0.3) is 10.1 Å². The zero-order valence-corrected chi connectivity index (χ0v) is 9.92. The van der Waals surface area contributed by atoms with Gasteiger partial charge in [-0.25, -0.2) is 0 Å². The Kier molecular flexibility index (Phi) is 4.38. The fourth-order valence-electron chi connectivity index (χ4n) is 1.18. The normalized spacial score (nSPS) is 13.4. The van der Waals surface area contributed by atoms with E-state index in [0.29, 0.717) is 6.42 Å². The number of rotatable bonds is 5. The van der Waals surface area contributed by atoms with Gasteiger partial charge in [0.15, 0.2) is 0 Å². The van der Waals surface area contributed by atoms with Crippen molar-refractivity contribution in [1.29, 1.82) is 0 Å². The van der Waals surface area contributed by atoms with Crippen LogP contribution in [0.1, 0.15) is 5.56 Å². The van der Waals surface area contributed by atoms with Crippen LogP contribution in [0.3, 0.4) is 0 Å². The minimum absolute atomic E-state index is 0.470. The topological polar surface area (TPSA) is 43.4 Å². The molecule has 0 saturated heterocycles. The van der Waals surface area contributed by atoms with Crippen molar-refractivity contribution in [2.75, 3.05) is 6.26 Å². The van der Waals surface area contributed by atoms with E-state index < -0.39 is 16.2 Å². The molecule has 0 heterocycles. The van der Waals surface area contributed by atoms with Crippen LogP contribution in [0.2, 0.25) is 0 Å². The van der Waals surface area contributed by atoms with Gasteiger partial charge in [0.1, 0.15) is 6.10 Å². The molecule has 0 bridgehead atoms. The Hall–Kier alpha value is -0.780. The first kappa shape index (κ1) is 12.3. The summed E-state index contributed by atoms with van der Waals surface area (Å²) in [5.74, 6) is 0. The van der Waals surface area contributed by atoms with Gasteiger partial charge in [0, 0.05) is 11.8 Å². The zero-order valence-electron chi connectivity index (χ0n) is 8.29. The predicted octanol–water partition coefficient (Wildman–Crippen LogP) is 1.57. The van der Waals surface area contributed by atoms with Crippen LogP contribution in [0.5, 0.6) is 0 Å². The van der Waals surface area contributed by atoms with Crippen molar-refractivity contribution in [3.63, 3.8) is 0 Å². The summed E-state index contributed by atoms with van der Waals surface area (Å²) < 4.78 is 26.6. The molecule has 5 heteroatoms. The fourth-order valence-corrected chi connectivity index (χ4v) is 1.97. The molecule has 0 saturated carbocycles. The molecule has 0 aliphatic heterocycles. The second-order valence-electron chi connectivity index (χ2n) is 3.16. The summed E-state index contributed by atoms with van der Waals surface area (Å²) in [6.45, 7) is 0. The summed E-state index contributed by atoms with van der Waals surface area (Å²) in [5.41, 5.74) is 0.993. The quantitative estimate of drug-likeness (QED) is 0.582.